The summed E-state index contributed by atoms with van der Waals surface area (Å²) >= 11 is 6.32. The van der Waals surface area contributed by atoms with Crippen LogP contribution in [0.5, 0.6) is 0 Å². The molecule has 2 heterocycles. The smallest absolute Gasteiger partial charge is 0.123 e. The van der Waals surface area contributed by atoms with Crippen LogP contribution in [0.4, 0.5) is 4.39 Å². The summed E-state index contributed by atoms with van der Waals surface area (Å²) in [5.41, 5.74) is 6.27. The third-order valence-electron chi connectivity index (χ3n) is 5.64. The second kappa shape index (κ2) is 8.10. The summed E-state index contributed by atoms with van der Waals surface area (Å²) in [4.78, 5) is 2.36. The predicted octanol–water partition coefficient (Wildman–Crippen LogP) is 6.61. The molecule has 0 saturated heterocycles. The van der Waals surface area contributed by atoms with E-state index < -0.39 is 0 Å². The second-order valence-corrected chi connectivity index (χ2v) is 8.15. The van der Waals surface area contributed by atoms with Crippen LogP contribution in [0.3, 0.4) is 0 Å². The number of aromatic nitrogens is 1. The molecule has 4 rings (SSSR count). The summed E-state index contributed by atoms with van der Waals surface area (Å²) in [6, 6.07) is 13.0. The van der Waals surface area contributed by atoms with Crippen molar-refractivity contribution in [2.24, 2.45) is 0 Å². The average Bonchev–Trinajstić information content (AvgIpc) is 2.98. The molecule has 0 N–H and O–H groups in total. The highest BCUT2D eigenvalue weighted by atomic mass is 35.5. The molecule has 2 aromatic carbocycles. The van der Waals surface area contributed by atoms with Crippen LogP contribution in [-0.4, -0.2) is 23.1 Å². The van der Waals surface area contributed by atoms with Crippen molar-refractivity contribution < 1.29 is 4.39 Å². The molecule has 0 spiro atoms. The zero-order valence-electron chi connectivity index (χ0n) is 16.5. The fourth-order valence-corrected chi connectivity index (χ4v) is 4.29. The van der Waals surface area contributed by atoms with E-state index in [1.54, 1.807) is 12.1 Å². The largest absolute Gasteiger partial charge is 0.320 e. The number of halogens is 2. The van der Waals surface area contributed by atoms with Crippen molar-refractivity contribution in [2.75, 3.05) is 13.6 Å². The molecule has 0 atom stereocenters. The van der Waals surface area contributed by atoms with Crippen molar-refractivity contribution in [1.82, 2.24) is 9.47 Å². The van der Waals surface area contributed by atoms with Gasteiger partial charge >= 0.3 is 0 Å². The number of unbranched alkanes of at least 4 members (excludes halogenated alkanes) is 1. The highest BCUT2D eigenvalue weighted by Crippen LogP contribution is 2.34. The molecular weight excluding hydrogens is 371 g/mol. The lowest BCUT2D eigenvalue weighted by Crippen LogP contribution is -2.26. The van der Waals surface area contributed by atoms with Crippen molar-refractivity contribution in [2.45, 2.75) is 39.2 Å². The molecule has 4 heteroatoms. The summed E-state index contributed by atoms with van der Waals surface area (Å²) < 4.78 is 15.8. The summed E-state index contributed by atoms with van der Waals surface area (Å²) in [5, 5.41) is 2.01. The van der Waals surface area contributed by atoms with E-state index in [-0.39, 0.29) is 5.82 Å². The van der Waals surface area contributed by atoms with Gasteiger partial charge in [-0.2, -0.15) is 0 Å². The Morgan fingerprint density at radius 1 is 1.18 bits per heavy atom. The number of nitrogens with zero attached hydrogens (tertiary/aromatic N) is 2. The van der Waals surface area contributed by atoms with Crippen LogP contribution < -0.4 is 0 Å². The minimum atomic E-state index is -0.194. The number of benzene rings is 2. The molecule has 2 nitrogen and oxygen atoms in total. The topological polar surface area (TPSA) is 8.17 Å². The molecule has 0 radical (unpaired) electrons. The van der Waals surface area contributed by atoms with Gasteiger partial charge in [-0.3, -0.25) is 0 Å². The molecule has 146 valence electrons. The van der Waals surface area contributed by atoms with Gasteiger partial charge in [-0.05, 0) is 66.9 Å². The Morgan fingerprint density at radius 3 is 2.71 bits per heavy atom. The Labute approximate surface area is 171 Å². The van der Waals surface area contributed by atoms with Crippen molar-refractivity contribution >= 4 is 34.3 Å². The molecular formula is C24H26ClFN2. The quantitative estimate of drug-likeness (QED) is 0.471. The Balaban J connectivity index is 1.89. The number of rotatable bonds is 5. The van der Waals surface area contributed by atoms with Gasteiger partial charge < -0.3 is 9.47 Å². The fourth-order valence-electron chi connectivity index (χ4n) is 4.12. The molecule has 0 bridgehead atoms. The van der Waals surface area contributed by atoms with Crippen LogP contribution in [0.2, 0.25) is 5.02 Å². The van der Waals surface area contributed by atoms with Gasteiger partial charge in [-0.25, -0.2) is 4.39 Å². The Kier molecular flexibility index (Phi) is 5.56. The maximum Gasteiger partial charge on any atom is 0.123 e. The lowest BCUT2D eigenvalue weighted by atomic mass is 10.0. The molecule has 0 aliphatic carbocycles. The fraction of sp³-hybridized carbons (Fsp3) is 0.333. The summed E-state index contributed by atoms with van der Waals surface area (Å²) in [7, 11) is 2.16. The molecule has 1 aromatic heterocycles. The van der Waals surface area contributed by atoms with Gasteiger partial charge in [0.15, 0.2) is 0 Å². The van der Waals surface area contributed by atoms with Crippen LogP contribution in [0.25, 0.3) is 22.7 Å². The van der Waals surface area contributed by atoms with E-state index in [1.165, 1.54) is 27.7 Å². The average molecular weight is 397 g/mol. The highest BCUT2D eigenvalue weighted by molar-refractivity contribution is 6.31. The first-order chi connectivity index (χ1) is 13.6. The van der Waals surface area contributed by atoms with Gasteiger partial charge in [0.05, 0.1) is 5.52 Å². The summed E-state index contributed by atoms with van der Waals surface area (Å²) in [6.45, 7) is 4.19. The monoisotopic (exact) mass is 396 g/mol. The minimum absolute atomic E-state index is 0.194. The molecule has 1 aliphatic heterocycles. The first-order valence-corrected chi connectivity index (χ1v) is 10.4. The SMILES string of the molecule is CCCC/C(=C/n1c2c(c3cc(Cl)ccc31)CN(C)CC2)c1ccc(F)cc1. The predicted molar refractivity (Wildman–Crippen MR) is 117 cm³/mol. The van der Waals surface area contributed by atoms with E-state index in [2.05, 4.69) is 41.8 Å². The van der Waals surface area contributed by atoms with Gasteiger partial charge in [-0.1, -0.05) is 37.1 Å². The Morgan fingerprint density at radius 2 is 1.96 bits per heavy atom. The second-order valence-electron chi connectivity index (χ2n) is 7.71. The molecule has 0 unspecified atom stereocenters. The third-order valence-corrected chi connectivity index (χ3v) is 5.88. The zero-order valence-corrected chi connectivity index (χ0v) is 17.3. The molecule has 0 fully saturated rings. The number of likely N-dealkylation sites (N-methyl/N-ethyl adjacent to an activating group) is 1. The van der Waals surface area contributed by atoms with Crippen LogP contribution >= 0.6 is 11.6 Å². The molecule has 1 aliphatic rings. The van der Waals surface area contributed by atoms with E-state index in [4.69, 9.17) is 11.6 Å². The maximum absolute atomic E-state index is 13.4. The standard InChI is InChI=1S/C24H26ClFN2/c1-3-4-5-18(17-6-9-20(26)10-7-17)15-28-23-11-8-19(25)14-21(23)22-16-27(2)13-12-24(22)28/h6-11,14-15H,3-5,12-13,16H2,1-2H3/b18-15-. The van der Waals surface area contributed by atoms with E-state index in [9.17, 15) is 4.39 Å². The Hall–Kier alpha value is -2.10. The zero-order chi connectivity index (χ0) is 19.7. The van der Waals surface area contributed by atoms with Crippen molar-refractivity contribution in [1.29, 1.82) is 0 Å². The van der Waals surface area contributed by atoms with Gasteiger partial charge in [0.25, 0.3) is 0 Å². The van der Waals surface area contributed by atoms with Crippen molar-refractivity contribution in [3.63, 3.8) is 0 Å². The maximum atomic E-state index is 13.4. The van der Waals surface area contributed by atoms with E-state index >= 15 is 0 Å². The van der Waals surface area contributed by atoms with Crippen molar-refractivity contribution in [3.05, 3.63) is 70.1 Å². The highest BCUT2D eigenvalue weighted by Gasteiger charge is 2.22. The summed E-state index contributed by atoms with van der Waals surface area (Å²) in [5.74, 6) is -0.194. The summed E-state index contributed by atoms with van der Waals surface area (Å²) in [6.07, 6.45) is 6.50. The lowest BCUT2D eigenvalue weighted by Gasteiger charge is -2.24. The number of allylic oxidation sites excluding steroid dienone is 1. The van der Waals surface area contributed by atoms with Gasteiger partial charge in [0, 0.05) is 41.8 Å². The minimum Gasteiger partial charge on any atom is -0.320 e. The first-order valence-electron chi connectivity index (χ1n) is 10.0. The number of hydrogen-bond donors (Lipinski definition) is 0. The van der Waals surface area contributed by atoms with Crippen molar-refractivity contribution in [3.8, 4) is 0 Å². The van der Waals surface area contributed by atoms with Crippen LogP contribution in [-0.2, 0) is 13.0 Å². The number of fused-ring (bicyclic) bond motifs is 3. The van der Waals surface area contributed by atoms with Gasteiger partial charge in [0.1, 0.15) is 5.82 Å². The molecule has 3 aromatic rings. The normalized spacial score (nSPS) is 15.2. The first kappa shape index (κ1) is 19.2. The van der Waals surface area contributed by atoms with Gasteiger partial charge in [0.2, 0.25) is 0 Å². The number of hydrogen-bond acceptors (Lipinski definition) is 1. The molecule has 0 saturated carbocycles. The van der Waals surface area contributed by atoms with E-state index in [1.807, 2.05) is 18.2 Å². The van der Waals surface area contributed by atoms with Gasteiger partial charge in [-0.15, -0.1) is 0 Å². The van der Waals surface area contributed by atoms with Crippen LogP contribution in [0, 0.1) is 5.82 Å². The molecule has 28 heavy (non-hydrogen) atoms. The third kappa shape index (κ3) is 3.74. The van der Waals surface area contributed by atoms with Crippen LogP contribution in [0.1, 0.15) is 43.0 Å². The van der Waals surface area contributed by atoms with E-state index in [0.29, 0.717) is 0 Å². The van der Waals surface area contributed by atoms with E-state index in [0.717, 1.165) is 49.4 Å². The molecule has 0 amide bonds. The lowest BCUT2D eigenvalue weighted by molar-refractivity contribution is 0.312. The van der Waals surface area contributed by atoms with Crippen LogP contribution in [0.15, 0.2) is 42.5 Å². The Bertz CT molecular complexity index is 1020.